The van der Waals surface area contributed by atoms with Crippen LogP contribution >= 0.6 is 11.6 Å². The van der Waals surface area contributed by atoms with E-state index in [9.17, 15) is 19.2 Å². The number of aryl methyl sites for hydroxylation is 1. The second-order valence-corrected chi connectivity index (χ2v) is 19.8. The Balaban J connectivity index is 0.737. The number of nitrogens with one attached hydrogen (secondary N) is 4. The molecule has 19 heteroatoms. The van der Waals surface area contributed by atoms with Crippen molar-refractivity contribution in [1.29, 1.82) is 0 Å². The number of hydrogen-bond acceptors (Lipinski definition) is 13. The van der Waals surface area contributed by atoms with Crippen molar-refractivity contribution in [3.05, 3.63) is 101 Å². The van der Waals surface area contributed by atoms with Gasteiger partial charge in [0.1, 0.15) is 30.1 Å². The molecule has 3 fully saturated rings. The molecule has 0 bridgehead atoms. The van der Waals surface area contributed by atoms with Crippen molar-refractivity contribution < 1.29 is 28.7 Å². The van der Waals surface area contributed by atoms with Gasteiger partial charge in [0.25, 0.3) is 0 Å². The monoisotopic (exact) mass is 1030 g/mol. The van der Waals surface area contributed by atoms with E-state index in [0.29, 0.717) is 88.0 Å². The highest BCUT2D eigenvalue weighted by atomic mass is 35.5. The number of benzene rings is 2. The van der Waals surface area contributed by atoms with Crippen LogP contribution in [-0.4, -0.2) is 163 Å². The summed E-state index contributed by atoms with van der Waals surface area (Å²) in [7, 11) is 1.82. The van der Waals surface area contributed by atoms with Gasteiger partial charge in [-0.2, -0.15) is 0 Å². The van der Waals surface area contributed by atoms with Gasteiger partial charge in [-0.05, 0) is 91.4 Å². The van der Waals surface area contributed by atoms with Crippen molar-refractivity contribution in [3.8, 4) is 23.0 Å². The van der Waals surface area contributed by atoms with Crippen LogP contribution in [0.15, 0.2) is 79.4 Å². The van der Waals surface area contributed by atoms with Crippen LogP contribution in [0.4, 0.5) is 11.5 Å². The van der Waals surface area contributed by atoms with E-state index in [0.717, 1.165) is 72.6 Å². The first-order valence-corrected chi connectivity index (χ1v) is 26.2. The zero-order valence-corrected chi connectivity index (χ0v) is 43.3. The van der Waals surface area contributed by atoms with E-state index in [1.165, 1.54) is 5.56 Å². The fourth-order valence-corrected chi connectivity index (χ4v) is 9.77. The molecule has 0 spiro atoms. The molecule has 2 aromatic carbocycles. The van der Waals surface area contributed by atoms with Gasteiger partial charge in [0, 0.05) is 88.8 Å². The van der Waals surface area contributed by atoms with Crippen LogP contribution < -0.4 is 26.6 Å². The number of H-pyrrole nitrogens is 1. The molecule has 4 amide bonds. The maximum Gasteiger partial charge on any atom is 0.240 e. The van der Waals surface area contributed by atoms with E-state index >= 15 is 0 Å². The van der Waals surface area contributed by atoms with Crippen molar-refractivity contribution in [2.24, 2.45) is 11.7 Å². The zero-order valence-electron chi connectivity index (χ0n) is 42.5. The number of piperidine rings is 2. The number of piperazine rings is 1. The number of nitrogens with two attached hydrogens (primary N) is 1. The van der Waals surface area contributed by atoms with E-state index in [-0.39, 0.29) is 61.8 Å². The summed E-state index contributed by atoms with van der Waals surface area (Å²) in [5.74, 6) is 6.88. The lowest BCUT2D eigenvalue weighted by molar-refractivity contribution is -0.134. The molecule has 0 aliphatic carbocycles. The summed E-state index contributed by atoms with van der Waals surface area (Å²) in [6.45, 7) is 9.08. The fraction of sp³-hybridized carbons (Fsp3) is 0.473. The highest BCUT2D eigenvalue weighted by molar-refractivity contribution is 6.30. The van der Waals surface area contributed by atoms with Crippen molar-refractivity contribution in [1.82, 2.24) is 45.3 Å². The summed E-state index contributed by atoms with van der Waals surface area (Å²) in [4.78, 5) is 77.1. The minimum absolute atomic E-state index is 0.0447. The van der Waals surface area contributed by atoms with Gasteiger partial charge in [-0.15, -0.1) is 0 Å². The standard InChI is InChI=1S/C55H69ClN12O6/c1-3-39-6-4-7-42(32-39)43-34-48(63-49(69)37-58-35-40-14-20-65(2)51(71)33-40)47(60-36-43)8-5-28-73-30-31-74-29-16-50(70)67-26-24-66(25-27-67)21-15-46(41-9-11-44(56)12-10-41)64-54(72)55(57)17-22-68(23-18-55)53-45-13-19-59-52(45)61-38-62-53/h4,6-7,9-13,19,32,34,36,38,40,46,58H,3,14-18,20-31,33,35,37,57H2,1-2H3,(H,63,69)(H,64,72)(H,59,61,62)/t40?,46-/m0/s1. The number of halogens is 1. The molecule has 392 valence electrons. The number of amides is 4. The molecule has 5 aromatic rings. The molecule has 6 N–H and O–H groups in total. The molecule has 3 aromatic heterocycles. The Kier molecular flexibility index (Phi) is 19.0. The van der Waals surface area contributed by atoms with Gasteiger partial charge in [-0.1, -0.05) is 60.8 Å². The average molecular weight is 1030 g/mol. The van der Waals surface area contributed by atoms with Crippen molar-refractivity contribution in [2.75, 3.05) is 109 Å². The number of hydrogen-bond donors (Lipinski definition) is 5. The maximum atomic E-state index is 13.9. The number of carbonyl (C=O) groups is 4. The molecule has 74 heavy (non-hydrogen) atoms. The summed E-state index contributed by atoms with van der Waals surface area (Å²) < 4.78 is 11.5. The molecular formula is C55H69ClN12O6. The molecule has 8 rings (SSSR count). The lowest BCUT2D eigenvalue weighted by atomic mass is 9.87. The largest absolute Gasteiger partial charge is 0.379 e. The van der Waals surface area contributed by atoms with Gasteiger partial charge in [-0.25, -0.2) is 15.0 Å². The van der Waals surface area contributed by atoms with Crippen LogP contribution in [0.5, 0.6) is 0 Å². The quantitative estimate of drug-likeness (QED) is 0.0494. The molecule has 0 radical (unpaired) electrons. The van der Waals surface area contributed by atoms with Crippen LogP contribution in [0.1, 0.15) is 68.3 Å². The predicted octanol–water partition coefficient (Wildman–Crippen LogP) is 4.80. The second-order valence-electron chi connectivity index (χ2n) is 19.4. The lowest BCUT2D eigenvalue weighted by Crippen LogP contribution is -2.60. The number of carbonyl (C=O) groups excluding carboxylic acids is 4. The third-order valence-corrected chi connectivity index (χ3v) is 14.6. The number of likely N-dealkylation sites (tertiary alicyclic amines) is 1. The third kappa shape index (κ3) is 14.6. The van der Waals surface area contributed by atoms with Crippen LogP contribution in [0, 0.1) is 17.8 Å². The number of aromatic amines is 1. The maximum absolute atomic E-state index is 13.9. The van der Waals surface area contributed by atoms with Gasteiger partial charge in [0.05, 0.1) is 55.4 Å². The first kappa shape index (κ1) is 53.8. The van der Waals surface area contributed by atoms with E-state index in [4.69, 9.17) is 26.8 Å². The minimum Gasteiger partial charge on any atom is -0.379 e. The van der Waals surface area contributed by atoms with E-state index in [2.05, 4.69) is 76.6 Å². The zero-order chi connectivity index (χ0) is 51.9. The molecule has 2 atom stereocenters. The van der Waals surface area contributed by atoms with Crippen molar-refractivity contribution in [2.45, 2.75) is 63.5 Å². The Bertz CT molecular complexity index is 2760. The first-order chi connectivity index (χ1) is 35.9. The highest BCUT2D eigenvalue weighted by Gasteiger charge is 2.39. The number of ether oxygens (including phenoxy) is 2. The Labute approximate surface area is 438 Å². The molecule has 0 saturated carbocycles. The SMILES string of the molecule is CCc1cccc(-c2cnc(C#CCOCCOCCC(=O)N3CCN(CC[C@H](NC(=O)C4(N)CCN(c5ncnc6[nH]ccc56)CC4)c4ccc(Cl)cc4)CC3)c(NC(=O)CNCC3CCN(C)C(=O)C3)c2)c1. The topological polar surface area (TPSA) is 216 Å². The number of aromatic nitrogens is 4. The molecule has 18 nitrogen and oxygen atoms in total. The number of fused-ring (bicyclic) bond motifs is 1. The molecule has 1 unspecified atom stereocenters. The van der Waals surface area contributed by atoms with Crippen LogP contribution in [0.2, 0.25) is 5.02 Å². The number of pyridine rings is 1. The molecule has 3 aliphatic rings. The van der Waals surface area contributed by atoms with Crippen LogP contribution in [0.25, 0.3) is 22.2 Å². The summed E-state index contributed by atoms with van der Waals surface area (Å²) in [5.41, 5.74) is 11.5. The lowest BCUT2D eigenvalue weighted by Gasteiger charge is -2.39. The third-order valence-electron chi connectivity index (χ3n) is 14.3. The first-order valence-electron chi connectivity index (χ1n) is 25.8. The Hall–Kier alpha value is -6.46. The number of anilines is 2. The summed E-state index contributed by atoms with van der Waals surface area (Å²) >= 11 is 6.25. The number of nitrogens with zero attached hydrogens (tertiary/aromatic N) is 7. The van der Waals surface area contributed by atoms with E-state index in [1.807, 2.05) is 66.7 Å². The van der Waals surface area contributed by atoms with Gasteiger partial charge < -0.3 is 50.8 Å². The summed E-state index contributed by atoms with van der Waals surface area (Å²) in [5, 5.41) is 11.1. The molecule has 3 aliphatic heterocycles. The van der Waals surface area contributed by atoms with Gasteiger partial charge >= 0.3 is 0 Å². The van der Waals surface area contributed by atoms with E-state index in [1.54, 1.807) is 17.4 Å². The van der Waals surface area contributed by atoms with Gasteiger partial charge in [-0.3, -0.25) is 24.1 Å². The normalized spacial score (nSPS) is 17.4. The number of rotatable bonds is 21. The minimum atomic E-state index is -1.03. The Morgan fingerprint density at radius 3 is 2.53 bits per heavy atom. The smallest absolute Gasteiger partial charge is 0.240 e. The van der Waals surface area contributed by atoms with Gasteiger partial charge in [0.2, 0.25) is 23.6 Å². The Morgan fingerprint density at radius 2 is 1.74 bits per heavy atom. The summed E-state index contributed by atoms with van der Waals surface area (Å²) in [6, 6.07) is 19.4. The summed E-state index contributed by atoms with van der Waals surface area (Å²) in [6.07, 6.45) is 9.32. The van der Waals surface area contributed by atoms with E-state index < -0.39 is 5.54 Å². The molecule has 6 heterocycles. The second kappa shape index (κ2) is 26.2. The van der Waals surface area contributed by atoms with Gasteiger partial charge in [0.15, 0.2) is 0 Å². The Morgan fingerprint density at radius 1 is 0.946 bits per heavy atom. The highest BCUT2D eigenvalue weighted by Crippen LogP contribution is 2.30. The fourth-order valence-electron chi connectivity index (χ4n) is 9.64. The van der Waals surface area contributed by atoms with Crippen LogP contribution in [-0.2, 0) is 35.1 Å². The van der Waals surface area contributed by atoms with Crippen molar-refractivity contribution >= 4 is 57.8 Å². The average Bonchev–Trinajstić information content (AvgIpc) is 3.91. The molecular weight excluding hydrogens is 960 g/mol. The van der Waals surface area contributed by atoms with Crippen molar-refractivity contribution in [3.63, 3.8) is 0 Å². The molecule has 3 saturated heterocycles. The predicted molar refractivity (Wildman–Crippen MR) is 286 cm³/mol. The van der Waals surface area contributed by atoms with Crippen LogP contribution in [0.3, 0.4) is 0 Å².